The van der Waals surface area contributed by atoms with Gasteiger partial charge < -0.3 is 10.2 Å². The third kappa shape index (κ3) is 5.98. The minimum Gasteiger partial charge on any atom is -0.353 e. The highest BCUT2D eigenvalue weighted by atomic mass is 16.1. The van der Waals surface area contributed by atoms with Gasteiger partial charge in [-0.2, -0.15) is 0 Å². The Bertz CT molecular complexity index is 472. The zero-order valence-corrected chi connectivity index (χ0v) is 13.5. The number of hydrogen-bond donors (Lipinski definition) is 1. The normalized spacial score (nSPS) is 19.4. The predicted molar refractivity (Wildman–Crippen MR) is 90.4 cm³/mol. The summed E-state index contributed by atoms with van der Waals surface area (Å²) in [4.78, 5) is 18.2. The van der Waals surface area contributed by atoms with Crippen molar-refractivity contribution in [1.82, 2.24) is 15.2 Å². The maximum Gasteiger partial charge on any atom is 0.243 e. The smallest absolute Gasteiger partial charge is 0.243 e. The first-order valence-electron chi connectivity index (χ1n) is 8.36. The fraction of sp³-hybridized carbons (Fsp3) is 0.556. The first kappa shape index (κ1) is 16.7. The molecule has 1 aromatic heterocycles. The summed E-state index contributed by atoms with van der Waals surface area (Å²) in [6, 6.07) is 4.49. The fourth-order valence-electron chi connectivity index (χ4n) is 2.85. The van der Waals surface area contributed by atoms with E-state index in [-0.39, 0.29) is 5.91 Å². The zero-order valence-electron chi connectivity index (χ0n) is 13.5. The maximum absolute atomic E-state index is 11.7. The van der Waals surface area contributed by atoms with Gasteiger partial charge in [-0.25, -0.2) is 0 Å². The van der Waals surface area contributed by atoms with Crippen LogP contribution in [0.5, 0.6) is 0 Å². The highest BCUT2D eigenvalue weighted by Gasteiger charge is 2.16. The molecule has 1 saturated heterocycles. The Labute approximate surface area is 133 Å². The molecule has 1 aliphatic heterocycles. The van der Waals surface area contributed by atoms with Gasteiger partial charge in [-0.05, 0) is 69.5 Å². The van der Waals surface area contributed by atoms with Crippen LogP contribution in [0.2, 0.25) is 0 Å². The lowest BCUT2D eigenvalue weighted by Gasteiger charge is -2.33. The van der Waals surface area contributed by atoms with Crippen molar-refractivity contribution in [3.8, 4) is 0 Å². The maximum atomic E-state index is 11.7. The minimum absolute atomic E-state index is 0.0249. The number of amides is 1. The molecule has 2 rings (SSSR count). The highest BCUT2D eigenvalue weighted by Crippen LogP contribution is 2.16. The molecule has 0 aromatic carbocycles. The lowest BCUT2D eigenvalue weighted by molar-refractivity contribution is -0.116. The molecule has 22 heavy (non-hydrogen) atoms. The molecule has 4 heteroatoms. The highest BCUT2D eigenvalue weighted by molar-refractivity contribution is 5.91. The van der Waals surface area contributed by atoms with Gasteiger partial charge in [0.15, 0.2) is 0 Å². The van der Waals surface area contributed by atoms with Crippen molar-refractivity contribution >= 4 is 12.0 Å². The van der Waals surface area contributed by atoms with Gasteiger partial charge >= 0.3 is 0 Å². The third-order valence-electron chi connectivity index (χ3n) is 4.25. The summed E-state index contributed by atoms with van der Waals surface area (Å²) in [5.41, 5.74) is 0.990. The van der Waals surface area contributed by atoms with Gasteiger partial charge in [-0.1, -0.05) is 6.42 Å². The van der Waals surface area contributed by atoms with Gasteiger partial charge in [-0.15, -0.1) is 0 Å². The van der Waals surface area contributed by atoms with Crippen molar-refractivity contribution in [1.29, 1.82) is 0 Å². The number of nitrogens with one attached hydrogen (secondary N) is 1. The molecule has 1 unspecified atom stereocenters. The molecule has 1 aliphatic rings. The average Bonchev–Trinajstić information content (AvgIpc) is 2.55. The van der Waals surface area contributed by atoms with Crippen LogP contribution in [0.4, 0.5) is 0 Å². The van der Waals surface area contributed by atoms with E-state index in [0.717, 1.165) is 37.5 Å². The molecular formula is C18H27N3O. The Kier molecular flexibility index (Phi) is 7.10. The van der Waals surface area contributed by atoms with Gasteiger partial charge in [0, 0.05) is 31.1 Å². The van der Waals surface area contributed by atoms with E-state index in [1.54, 1.807) is 18.5 Å². The lowest BCUT2D eigenvalue weighted by Crippen LogP contribution is -2.38. The van der Waals surface area contributed by atoms with Crippen LogP contribution in [0, 0.1) is 0 Å². The topological polar surface area (TPSA) is 45.2 Å². The molecule has 0 bridgehead atoms. The number of pyridine rings is 1. The van der Waals surface area contributed by atoms with Crippen molar-refractivity contribution in [2.24, 2.45) is 0 Å². The van der Waals surface area contributed by atoms with Crippen LogP contribution in [0.15, 0.2) is 30.6 Å². The summed E-state index contributed by atoms with van der Waals surface area (Å²) in [6.45, 7) is 5.47. The average molecular weight is 301 g/mol. The predicted octanol–water partition coefficient (Wildman–Crippen LogP) is 2.87. The van der Waals surface area contributed by atoms with Gasteiger partial charge in [0.1, 0.15) is 0 Å². The van der Waals surface area contributed by atoms with Crippen molar-refractivity contribution in [3.05, 3.63) is 36.2 Å². The second-order valence-corrected chi connectivity index (χ2v) is 5.99. The van der Waals surface area contributed by atoms with E-state index in [9.17, 15) is 4.79 Å². The first-order chi connectivity index (χ1) is 10.8. The van der Waals surface area contributed by atoms with E-state index in [4.69, 9.17) is 0 Å². The van der Waals surface area contributed by atoms with Crippen molar-refractivity contribution in [2.75, 3.05) is 19.6 Å². The number of nitrogens with zero attached hydrogens (tertiary/aromatic N) is 2. The van der Waals surface area contributed by atoms with E-state index in [1.807, 2.05) is 18.2 Å². The third-order valence-corrected chi connectivity index (χ3v) is 4.25. The number of likely N-dealkylation sites (tertiary alicyclic amines) is 1. The van der Waals surface area contributed by atoms with E-state index >= 15 is 0 Å². The number of piperidine rings is 1. The van der Waals surface area contributed by atoms with Gasteiger partial charge in [-0.3, -0.25) is 9.78 Å². The lowest BCUT2D eigenvalue weighted by atomic mass is 10.0. The molecule has 1 aromatic rings. The summed E-state index contributed by atoms with van der Waals surface area (Å²) in [6.07, 6.45) is 13.1. The molecule has 0 spiro atoms. The van der Waals surface area contributed by atoms with Crippen LogP contribution in [0.25, 0.3) is 6.08 Å². The van der Waals surface area contributed by atoms with E-state index < -0.39 is 0 Å². The number of aromatic nitrogens is 1. The van der Waals surface area contributed by atoms with Crippen LogP contribution in [0.3, 0.4) is 0 Å². The fourth-order valence-corrected chi connectivity index (χ4v) is 2.85. The Balaban J connectivity index is 1.56. The largest absolute Gasteiger partial charge is 0.353 e. The quantitative estimate of drug-likeness (QED) is 0.622. The molecule has 4 nitrogen and oxygen atoms in total. The zero-order chi connectivity index (χ0) is 15.6. The second-order valence-electron chi connectivity index (χ2n) is 5.99. The standard InChI is InChI=1S/C18H27N3O/c1-16-6-2-4-14-21(16)15-5-3-11-20-18(22)8-7-17-9-12-19-13-10-17/h7-10,12-13,16H,2-6,11,14-15H2,1H3,(H,20,22). The van der Waals surface area contributed by atoms with E-state index in [0.29, 0.717) is 0 Å². The first-order valence-corrected chi connectivity index (χ1v) is 8.36. The van der Waals surface area contributed by atoms with Gasteiger partial charge in [0.25, 0.3) is 0 Å². The van der Waals surface area contributed by atoms with Crippen molar-refractivity contribution in [3.63, 3.8) is 0 Å². The molecule has 0 saturated carbocycles. The molecule has 0 aliphatic carbocycles. The van der Waals surface area contributed by atoms with Crippen LogP contribution >= 0.6 is 0 Å². The summed E-state index contributed by atoms with van der Waals surface area (Å²) in [7, 11) is 0. The molecule has 1 N–H and O–H groups in total. The number of carbonyl (C=O) groups is 1. The van der Waals surface area contributed by atoms with Gasteiger partial charge in [0.2, 0.25) is 5.91 Å². The molecule has 2 heterocycles. The van der Waals surface area contributed by atoms with E-state index in [1.165, 1.54) is 25.8 Å². The number of hydrogen-bond acceptors (Lipinski definition) is 3. The van der Waals surface area contributed by atoms with Crippen LogP contribution < -0.4 is 5.32 Å². The van der Waals surface area contributed by atoms with Crippen molar-refractivity contribution < 1.29 is 4.79 Å². The summed E-state index contributed by atoms with van der Waals surface area (Å²) in [5.74, 6) is -0.0249. The molecule has 0 radical (unpaired) electrons. The SMILES string of the molecule is CC1CCCCN1CCCCNC(=O)C=Cc1ccncc1. The van der Waals surface area contributed by atoms with Crippen LogP contribution in [0.1, 0.15) is 44.6 Å². The number of carbonyl (C=O) groups excluding carboxylic acids is 1. The van der Waals surface area contributed by atoms with Crippen LogP contribution in [-0.4, -0.2) is 41.5 Å². The molecular weight excluding hydrogens is 274 g/mol. The Morgan fingerprint density at radius 3 is 2.95 bits per heavy atom. The van der Waals surface area contributed by atoms with Crippen molar-refractivity contribution in [2.45, 2.75) is 45.1 Å². The molecule has 120 valence electrons. The minimum atomic E-state index is -0.0249. The molecule has 1 amide bonds. The summed E-state index contributed by atoms with van der Waals surface area (Å²) < 4.78 is 0. The molecule has 1 atom stereocenters. The number of unbranched alkanes of at least 4 members (excludes halogenated alkanes) is 1. The Morgan fingerprint density at radius 1 is 1.36 bits per heavy atom. The number of rotatable bonds is 7. The Hall–Kier alpha value is -1.68. The summed E-state index contributed by atoms with van der Waals surface area (Å²) >= 11 is 0. The summed E-state index contributed by atoms with van der Waals surface area (Å²) in [5, 5.41) is 2.94. The van der Waals surface area contributed by atoms with Gasteiger partial charge in [0.05, 0.1) is 0 Å². The second kappa shape index (κ2) is 9.36. The van der Waals surface area contributed by atoms with E-state index in [2.05, 4.69) is 22.1 Å². The van der Waals surface area contributed by atoms with Crippen LogP contribution in [-0.2, 0) is 4.79 Å². The molecule has 1 fully saturated rings. The monoisotopic (exact) mass is 301 g/mol. The Morgan fingerprint density at radius 2 is 2.18 bits per heavy atom.